The minimum Gasteiger partial charge on any atom is -0.478 e. The molecule has 2 atom stereocenters. The molecule has 0 fully saturated rings. The zero-order valence-corrected chi connectivity index (χ0v) is 18.8. The van der Waals surface area contributed by atoms with Crippen LogP contribution in [0.5, 0.6) is 5.75 Å². The van der Waals surface area contributed by atoms with Gasteiger partial charge in [0.1, 0.15) is 11.8 Å². The summed E-state index contributed by atoms with van der Waals surface area (Å²) in [5.41, 5.74) is 4.11. The fourth-order valence-corrected chi connectivity index (χ4v) is 4.22. The van der Waals surface area contributed by atoms with Crippen LogP contribution in [0.25, 0.3) is 11.3 Å². The molecule has 1 N–H and O–H groups in total. The van der Waals surface area contributed by atoms with Crippen molar-refractivity contribution in [2.24, 2.45) is 0 Å². The normalized spacial score (nSPS) is 16.5. The third-order valence-electron chi connectivity index (χ3n) is 5.37. The van der Waals surface area contributed by atoms with Crippen molar-refractivity contribution < 1.29 is 14.3 Å². The molecule has 0 radical (unpaired) electrons. The SMILES string of the molecule is CCC1Oc2ccc(-c3csc(C)n3)cc2N(C(C)C(=O)Nc2ccc(C)cc2)C1=O. The number of amides is 2. The first-order chi connectivity index (χ1) is 14.9. The monoisotopic (exact) mass is 435 g/mol. The summed E-state index contributed by atoms with van der Waals surface area (Å²) in [6.45, 7) is 7.58. The number of hydrogen-bond donors (Lipinski definition) is 1. The van der Waals surface area contributed by atoms with Crippen molar-refractivity contribution in [3.63, 3.8) is 0 Å². The first-order valence-electron chi connectivity index (χ1n) is 10.3. The Bertz CT molecular complexity index is 1120. The lowest BCUT2D eigenvalue weighted by Crippen LogP contribution is -2.53. The lowest BCUT2D eigenvalue weighted by molar-refractivity contribution is -0.129. The molecule has 7 heteroatoms. The van der Waals surface area contributed by atoms with Crippen LogP contribution < -0.4 is 15.0 Å². The number of aromatic nitrogens is 1. The molecule has 1 aliphatic heterocycles. The maximum absolute atomic E-state index is 13.2. The van der Waals surface area contributed by atoms with E-state index in [1.165, 1.54) is 0 Å². The van der Waals surface area contributed by atoms with Crippen LogP contribution in [0.4, 0.5) is 11.4 Å². The molecule has 0 saturated carbocycles. The number of nitrogens with zero attached hydrogens (tertiary/aromatic N) is 2. The van der Waals surface area contributed by atoms with Crippen LogP contribution in [0.3, 0.4) is 0 Å². The van der Waals surface area contributed by atoms with Gasteiger partial charge in [0.05, 0.1) is 16.4 Å². The average molecular weight is 436 g/mol. The van der Waals surface area contributed by atoms with Crippen LogP contribution in [0, 0.1) is 13.8 Å². The molecule has 31 heavy (non-hydrogen) atoms. The van der Waals surface area contributed by atoms with Crippen molar-refractivity contribution in [3.8, 4) is 17.0 Å². The van der Waals surface area contributed by atoms with E-state index in [0.717, 1.165) is 21.8 Å². The summed E-state index contributed by atoms with van der Waals surface area (Å²) in [5.74, 6) is 0.125. The van der Waals surface area contributed by atoms with Crippen LogP contribution in [-0.4, -0.2) is 28.9 Å². The molecular weight excluding hydrogens is 410 g/mol. The van der Waals surface area contributed by atoms with Gasteiger partial charge in [-0.2, -0.15) is 0 Å². The van der Waals surface area contributed by atoms with Gasteiger partial charge in [0.15, 0.2) is 6.10 Å². The van der Waals surface area contributed by atoms with Gasteiger partial charge in [0.2, 0.25) is 5.91 Å². The number of carbonyl (C=O) groups excluding carboxylic acids is 2. The van der Waals surface area contributed by atoms with Gasteiger partial charge >= 0.3 is 0 Å². The van der Waals surface area contributed by atoms with Crippen molar-refractivity contribution in [2.45, 2.75) is 46.3 Å². The number of benzene rings is 2. The lowest BCUT2D eigenvalue weighted by Gasteiger charge is -2.37. The summed E-state index contributed by atoms with van der Waals surface area (Å²) < 4.78 is 5.94. The van der Waals surface area contributed by atoms with Crippen molar-refractivity contribution >= 4 is 34.5 Å². The number of nitrogens with one attached hydrogen (secondary N) is 1. The maximum Gasteiger partial charge on any atom is 0.268 e. The number of anilines is 2. The number of hydrogen-bond acceptors (Lipinski definition) is 5. The molecular formula is C24H25N3O3S. The molecule has 0 aliphatic carbocycles. The molecule has 0 spiro atoms. The number of aryl methyl sites for hydroxylation is 2. The third kappa shape index (κ3) is 4.18. The first-order valence-corrected chi connectivity index (χ1v) is 11.2. The van der Waals surface area contributed by atoms with Crippen molar-refractivity contribution in [3.05, 3.63) is 58.4 Å². The molecule has 4 rings (SSSR count). The highest BCUT2D eigenvalue weighted by molar-refractivity contribution is 7.09. The molecule has 1 aromatic heterocycles. The zero-order valence-electron chi connectivity index (χ0n) is 18.0. The van der Waals surface area contributed by atoms with Crippen LogP contribution >= 0.6 is 11.3 Å². The quantitative estimate of drug-likeness (QED) is 0.615. The lowest BCUT2D eigenvalue weighted by atomic mass is 10.0. The Balaban J connectivity index is 1.68. The van der Waals surface area contributed by atoms with E-state index in [0.29, 0.717) is 23.5 Å². The van der Waals surface area contributed by atoms with Gasteiger partial charge in [0, 0.05) is 16.6 Å². The third-order valence-corrected chi connectivity index (χ3v) is 6.15. The van der Waals surface area contributed by atoms with Gasteiger partial charge in [-0.05, 0) is 57.5 Å². The minimum atomic E-state index is -0.710. The highest BCUT2D eigenvalue weighted by atomic mass is 32.1. The van der Waals surface area contributed by atoms with E-state index in [1.54, 1.807) is 23.2 Å². The molecule has 3 aromatic rings. The second-order valence-corrected chi connectivity index (χ2v) is 8.75. The second-order valence-electron chi connectivity index (χ2n) is 7.69. The molecule has 2 aromatic carbocycles. The average Bonchev–Trinajstić information content (AvgIpc) is 3.20. The first kappa shape index (κ1) is 21.1. The van der Waals surface area contributed by atoms with Crippen LogP contribution in [0.1, 0.15) is 30.8 Å². The van der Waals surface area contributed by atoms with Crippen molar-refractivity contribution in [1.29, 1.82) is 0 Å². The Morgan fingerprint density at radius 2 is 1.97 bits per heavy atom. The summed E-state index contributed by atoms with van der Waals surface area (Å²) in [7, 11) is 0. The molecule has 6 nitrogen and oxygen atoms in total. The van der Waals surface area contributed by atoms with Crippen molar-refractivity contribution in [1.82, 2.24) is 4.98 Å². The van der Waals surface area contributed by atoms with Crippen molar-refractivity contribution in [2.75, 3.05) is 10.2 Å². The number of rotatable bonds is 5. The Hall–Kier alpha value is -3.19. The van der Waals surface area contributed by atoms with Gasteiger partial charge in [-0.25, -0.2) is 4.98 Å². The molecule has 0 bridgehead atoms. The fraction of sp³-hybridized carbons (Fsp3) is 0.292. The van der Waals surface area contributed by atoms with Gasteiger partial charge in [-0.1, -0.05) is 24.6 Å². The molecule has 1 aliphatic rings. The number of thiazole rings is 1. The Morgan fingerprint density at radius 3 is 2.61 bits per heavy atom. The smallest absolute Gasteiger partial charge is 0.268 e. The highest BCUT2D eigenvalue weighted by Gasteiger charge is 2.38. The van der Waals surface area contributed by atoms with E-state index in [4.69, 9.17) is 4.74 Å². The summed E-state index contributed by atoms with van der Waals surface area (Å²) in [6.07, 6.45) is -0.0943. The number of fused-ring (bicyclic) bond motifs is 1. The predicted octanol–water partition coefficient (Wildman–Crippen LogP) is 4.96. The second kappa shape index (κ2) is 8.51. The summed E-state index contributed by atoms with van der Waals surface area (Å²) in [6, 6.07) is 12.5. The molecule has 160 valence electrons. The van der Waals surface area contributed by atoms with E-state index in [1.807, 2.05) is 68.6 Å². The predicted molar refractivity (Wildman–Crippen MR) is 124 cm³/mol. The largest absolute Gasteiger partial charge is 0.478 e. The van der Waals surface area contributed by atoms with E-state index in [9.17, 15) is 9.59 Å². The summed E-state index contributed by atoms with van der Waals surface area (Å²) >= 11 is 1.57. The van der Waals surface area contributed by atoms with Crippen LogP contribution in [0.2, 0.25) is 0 Å². The highest BCUT2D eigenvalue weighted by Crippen LogP contribution is 2.39. The summed E-state index contributed by atoms with van der Waals surface area (Å²) in [4.78, 5) is 32.4. The Morgan fingerprint density at radius 1 is 1.23 bits per heavy atom. The fourth-order valence-electron chi connectivity index (χ4n) is 3.60. The maximum atomic E-state index is 13.2. The van der Waals surface area contributed by atoms with Crippen LogP contribution in [0.15, 0.2) is 47.8 Å². The number of carbonyl (C=O) groups is 2. The molecule has 2 unspecified atom stereocenters. The van der Waals surface area contributed by atoms with Crippen LogP contribution in [-0.2, 0) is 9.59 Å². The molecule has 0 saturated heterocycles. The zero-order chi connectivity index (χ0) is 22.1. The minimum absolute atomic E-state index is 0.215. The van der Waals surface area contributed by atoms with E-state index >= 15 is 0 Å². The van der Waals surface area contributed by atoms with Gasteiger partial charge in [-0.15, -0.1) is 11.3 Å². The van der Waals surface area contributed by atoms with E-state index in [2.05, 4.69) is 10.3 Å². The number of ether oxygens (including phenoxy) is 1. The Labute approximate surface area is 185 Å². The molecule has 2 amide bonds. The van der Waals surface area contributed by atoms with E-state index in [-0.39, 0.29) is 11.8 Å². The van der Waals surface area contributed by atoms with Gasteiger partial charge < -0.3 is 10.1 Å². The topological polar surface area (TPSA) is 71.5 Å². The standard InChI is InChI=1S/C24H25N3O3S/c1-5-21-24(29)27(15(3)23(28)26-18-9-6-14(2)7-10-18)20-12-17(8-11-22(20)30-21)19-13-31-16(4)25-19/h6-13,15,21H,5H2,1-4H3,(H,26,28). The van der Waals surface area contributed by atoms with Gasteiger partial charge in [-0.3, -0.25) is 14.5 Å². The van der Waals surface area contributed by atoms with E-state index < -0.39 is 12.1 Å². The Kier molecular flexibility index (Phi) is 5.78. The summed E-state index contributed by atoms with van der Waals surface area (Å²) in [5, 5.41) is 5.86. The molecule has 2 heterocycles. The van der Waals surface area contributed by atoms with Gasteiger partial charge in [0.25, 0.3) is 5.91 Å².